The van der Waals surface area contributed by atoms with Crippen LogP contribution in [0.5, 0.6) is 0 Å². The number of hydrogen-bond acceptors (Lipinski definition) is 4. The molecular weight excluding hydrogens is 388 g/mol. The van der Waals surface area contributed by atoms with Crippen LogP contribution in [0.15, 0.2) is 12.1 Å². The number of fused-ring (bicyclic) bond motifs is 1. The minimum Gasteiger partial charge on any atom is -0.380 e. The summed E-state index contributed by atoms with van der Waals surface area (Å²) in [5.41, 5.74) is 9.03. The second kappa shape index (κ2) is 13.1. The molecule has 6 heteroatoms. The summed E-state index contributed by atoms with van der Waals surface area (Å²) >= 11 is 0. The lowest BCUT2D eigenvalue weighted by molar-refractivity contribution is 0.0819. The Morgan fingerprint density at radius 1 is 0.933 bits per heavy atom. The van der Waals surface area contributed by atoms with E-state index in [0.29, 0.717) is 12.5 Å². The number of rotatable bonds is 16. The molecule has 5 nitrogen and oxygen atoms in total. The van der Waals surface area contributed by atoms with E-state index in [1.54, 1.807) is 0 Å². The number of unbranched alkanes of at least 4 members (excludes halogenated alkanes) is 9. The van der Waals surface area contributed by atoms with Gasteiger partial charge in [0.15, 0.2) is 5.82 Å². The van der Waals surface area contributed by atoms with Gasteiger partial charge in [0.05, 0.1) is 5.52 Å². The van der Waals surface area contributed by atoms with Crippen LogP contribution in [-0.2, 0) is 17.9 Å². The van der Waals surface area contributed by atoms with Crippen LogP contribution in [-0.4, -0.2) is 29.4 Å². The third-order valence-corrected chi connectivity index (χ3v) is 7.38. The van der Waals surface area contributed by atoms with Gasteiger partial charge in [0.2, 0.25) is 0 Å². The lowest BCUT2D eigenvalue weighted by Crippen LogP contribution is -2.22. The molecule has 0 aliphatic rings. The van der Waals surface area contributed by atoms with Crippen molar-refractivity contribution in [1.29, 1.82) is 0 Å². The number of ether oxygens (including phenoxy) is 1. The summed E-state index contributed by atoms with van der Waals surface area (Å²) in [5.74, 6) is 0.503. The van der Waals surface area contributed by atoms with E-state index in [9.17, 15) is 0 Å². The molecule has 0 amide bonds. The van der Waals surface area contributed by atoms with E-state index in [1.165, 1.54) is 64.2 Å². The van der Waals surface area contributed by atoms with E-state index >= 15 is 0 Å². The summed E-state index contributed by atoms with van der Waals surface area (Å²) in [6.07, 6.45) is 14.6. The second-order valence-electron chi connectivity index (χ2n) is 9.84. The summed E-state index contributed by atoms with van der Waals surface area (Å²) < 4.78 is 7.68. The number of anilines is 1. The summed E-state index contributed by atoms with van der Waals surface area (Å²) in [5, 5.41) is 4.44. The van der Waals surface area contributed by atoms with Crippen LogP contribution in [0.1, 0.15) is 76.8 Å². The van der Waals surface area contributed by atoms with Gasteiger partial charge in [-0.05, 0) is 31.0 Å². The van der Waals surface area contributed by atoms with Crippen molar-refractivity contribution in [2.24, 2.45) is 0 Å². The first-order valence-corrected chi connectivity index (χ1v) is 15.8. The van der Waals surface area contributed by atoms with Gasteiger partial charge in [-0.1, -0.05) is 84.4 Å². The van der Waals surface area contributed by atoms with Crippen LogP contribution < -0.4 is 5.73 Å². The average molecular weight is 433 g/mol. The molecule has 2 aromatic rings. The molecule has 2 N–H and O–H groups in total. The smallest absolute Gasteiger partial charge is 0.172 e. The largest absolute Gasteiger partial charge is 0.380 e. The molecule has 0 aromatic carbocycles. The highest BCUT2D eigenvalue weighted by Gasteiger charge is 2.13. The standard InChI is InChI=1S/C24H44N4OSi/c1-5-6-7-8-9-10-11-12-13-14-15-21-16-17-22-23(26-21)24(25)27-28(22)20-29-18-19-30(2,3)4/h16-17H,5-15,18-20H2,1-4H3,(H2,25,27). The first-order valence-electron chi connectivity index (χ1n) is 12.1. The highest BCUT2D eigenvalue weighted by atomic mass is 28.3. The number of aryl methyl sites for hydroxylation is 1. The van der Waals surface area contributed by atoms with Gasteiger partial charge < -0.3 is 10.5 Å². The van der Waals surface area contributed by atoms with Crippen molar-refractivity contribution in [2.45, 2.75) is 110 Å². The Hall–Kier alpha value is -1.40. The highest BCUT2D eigenvalue weighted by molar-refractivity contribution is 6.76. The van der Waals surface area contributed by atoms with E-state index < -0.39 is 8.07 Å². The molecule has 0 aliphatic carbocycles. The van der Waals surface area contributed by atoms with Crippen LogP contribution in [0.4, 0.5) is 5.82 Å². The fourth-order valence-electron chi connectivity index (χ4n) is 3.68. The summed E-state index contributed by atoms with van der Waals surface area (Å²) in [6.45, 7) is 10.6. The topological polar surface area (TPSA) is 66.0 Å². The quantitative estimate of drug-likeness (QED) is 0.234. The van der Waals surface area contributed by atoms with Crippen molar-refractivity contribution in [3.05, 3.63) is 17.8 Å². The van der Waals surface area contributed by atoms with Crippen molar-refractivity contribution in [2.75, 3.05) is 12.3 Å². The van der Waals surface area contributed by atoms with Crippen molar-refractivity contribution in [1.82, 2.24) is 14.8 Å². The number of nitrogens with zero attached hydrogens (tertiary/aromatic N) is 3. The Bertz CT molecular complexity index is 739. The zero-order valence-corrected chi connectivity index (χ0v) is 20.9. The van der Waals surface area contributed by atoms with Crippen LogP contribution in [0.2, 0.25) is 25.7 Å². The molecule has 2 rings (SSSR count). The molecule has 0 saturated carbocycles. The Labute approximate surface area is 184 Å². The second-order valence-corrected chi connectivity index (χ2v) is 15.5. The zero-order chi connectivity index (χ0) is 21.8. The molecule has 0 radical (unpaired) electrons. The minimum atomic E-state index is -1.07. The van der Waals surface area contributed by atoms with E-state index in [1.807, 2.05) is 4.68 Å². The number of nitrogens with two attached hydrogens (primary N) is 1. The van der Waals surface area contributed by atoms with Crippen LogP contribution in [0.25, 0.3) is 11.0 Å². The predicted octanol–water partition coefficient (Wildman–Crippen LogP) is 6.79. The van der Waals surface area contributed by atoms with E-state index in [0.717, 1.165) is 35.8 Å². The Morgan fingerprint density at radius 3 is 2.20 bits per heavy atom. The number of nitrogen functional groups attached to an aromatic ring is 1. The van der Waals surface area contributed by atoms with Gasteiger partial charge in [0.25, 0.3) is 0 Å². The van der Waals surface area contributed by atoms with E-state index in [4.69, 9.17) is 15.5 Å². The van der Waals surface area contributed by atoms with Gasteiger partial charge in [0.1, 0.15) is 12.2 Å². The molecule has 170 valence electrons. The first-order chi connectivity index (χ1) is 14.4. The molecular formula is C24H44N4OSi. The van der Waals surface area contributed by atoms with Gasteiger partial charge in [-0.3, -0.25) is 0 Å². The Kier molecular flexibility index (Phi) is 10.9. The molecule has 0 saturated heterocycles. The fraction of sp³-hybridized carbons (Fsp3) is 0.750. The average Bonchev–Trinajstić information content (AvgIpc) is 3.01. The van der Waals surface area contributed by atoms with Crippen LogP contribution in [0, 0.1) is 0 Å². The summed E-state index contributed by atoms with van der Waals surface area (Å²) in [7, 11) is -1.07. The zero-order valence-electron chi connectivity index (χ0n) is 19.9. The van der Waals surface area contributed by atoms with E-state index in [-0.39, 0.29) is 0 Å². The maximum absolute atomic E-state index is 6.13. The Balaban J connectivity index is 1.70. The first kappa shape index (κ1) is 24.9. The molecule has 0 unspecified atom stereocenters. The van der Waals surface area contributed by atoms with Gasteiger partial charge in [-0.15, -0.1) is 0 Å². The van der Waals surface area contributed by atoms with Crippen molar-refractivity contribution in [3.8, 4) is 0 Å². The lowest BCUT2D eigenvalue weighted by atomic mass is 10.1. The third kappa shape index (κ3) is 9.17. The van der Waals surface area contributed by atoms with Crippen LogP contribution >= 0.6 is 0 Å². The monoisotopic (exact) mass is 432 g/mol. The number of hydrogen-bond donors (Lipinski definition) is 1. The maximum Gasteiger partial charge on any atom is 0.172 e. The van der Waals surface area contributed by atoms with E-state index in [2.05, 4.69) is 43.8 Å². The molecule has 2 heterocycles. The lowest BCUT2D eigenvalue weighted by Gasteiger charge is -2.15. The molecule has 2 aromatic heterocycles. The molecule has 0 fully saturated rings. The number of pyridine rings is 1. The van der Waals surface area contributed by atoms with Crippen molar-refractivity contribution >= 4 is 24.9 Å². The highest BCUT2D eigenvalue weighted by Crippen LogP contribution is 2.20. The minimum absolute atomic E-state index is 0.442. The normalized spacial score (nSPS) is 12.1. The maximum atomic E-state index is 6.13. The predicted molar refractivity (Wildman–Crippen MR) is 132 cm³/mol. The van der Waals surface area contributed by atoms with Gasteiger partial charge in [-0.2, -0.15) is 5.10 Å². The fourth-order valence-corrected chi connectivity index (χ4v) is 4.44. The van der Waals surface area contributed by atoms with Gasteiger partial charge in [-0.25, -0.2) is 9.67 Å². The van der Waals surface area contributed by atoms with Crippen molar-refractivity contribution in [3.63, 3.8) is 0 Å². The summed E-state index contributed by atoms with van der Waals surface area (Å²) in [6, 6.07) is 5.37. The third-order valence-electron chi connectivity index (χ3n) is 5.68. The SMILES string of the molecule is CCCCCCCCCCCCc1ccc2c(n1)c(N)nn2COCC[Si](C)(C)C. The van der Waals surface area contributed by atoms with Crippen molar-refractivity contribution < 1.29 is 4.74 Å². The Morgan fingerprint density at radius 2 is 1.57 bits per heavy atom. The molecule has 0 aliphatic heterocycles. The van der Waals surface area contributed by atoms with Gasteiger partial charge in [0, 0.05) is 20.4 Å². The molecule has 0 spiro atoms. The van der Waals surface area contributed by atoms with Gasteiger partial charge >= 0.3 is 0 Å². The number of aromatic nitrogens is 3. The summed E-state index contributed by atoms with van der Waals surface area (Å²) in [4.78, 5) is 4.78. The van der Waals surface area contributed by atoms with Crippen LogP contribution in [0.3, 0.4) is 0 Å². The molecule has 30 heavy (non-hydrogen) atoms. The molecule has 0 atom stereocenters. The molecule has 0 bridgehead atoms.